The first-order valence-corrected chi connectivity index (χ1v) is 5.99. The molecule has 2 N–H and O–H groups in total. The summed E-state index contributed by atoms with van der Waals surface area (Å²) in [7, 11) is 1.92. The van der Waals surface area contributed by atoms with Crippen LogP contribution in [0.5, 0.6) is 0 Å². The Morgan fingerprint density at radius 1 is 1.42 bits per heavy atom. The second kappa shape index (κ2) is 5.19. The van der Waals surface area contributed by atoms with Crippen LogP contribution >= 0.6 is 0 Å². The number of hydrogen-bond acceptors (Lipinski definition) is 5. The van der Waals surface area contributed by atoms with E-state index in [1.165, 1.54) is 6.07 Å². The third kappa shape index (κ3) is 2.48. The van der Waals surface area contributed by atoms with Crippen molar-refractivity contribution >= 4 is 22.1 Å². The van der Waals surface area contributed by atoms with Crippen molar-refractivity contribution in [2.45, 2.75) is 6.92 Å². The van der Waals surface area contributed by atoms with Gasteiger partial charge in [0.15, 0.2) is 0 Å². The number of aromatic nitrogens is 1. The summed E-state index contributed by atoms with van der Waals surface area (Å²) in [6.45, 7) is 3.08. The Morgan fingerprint density at radius 2 is 2.16 bits per heavy atom. The van der Waals surface area contributed by atoms with Crippen LogP contribution in [-0.4, -0.2) is 30.0 Å². The van der Waals surface area contributed by atoms with Crippen LogP contribution in [0.3, 0.4) is 0 Å². The number of aryl methyl sites for hydroxylation is 1. The summed E-state index contributed by atoms with van der Waals surface area (Å²) in [5.41, 5.74) is 7.39. The molecule has 19 heavy (non-hydrogen) atoms. The molecule has 0 unspecified atom stereocenters. The molecule has 0 aliphatic heterocycles. The molecule has 0 bridgehead atoms. The minimum absolute atomic E-state index is 0.0763. The van der Waals surface area contributed by atoms with Crippen molar-refractivity contribution in [3.8, 4) is 0 Å². The van der Waals surface area contributed by atoms with Crippen LogP contribution in [0.25, 0.3) is 10.8 Å². The Balaban J connectivity index is 2.70. The fourth-order valence-electron chi connectivity index (χ4n) is 2.12. The molecule has 0 aliphatic carbocycles. The highest BCUT2D eigenvalue weighted by atomic mass is 16.6. The fourth-order valence-corrected chi connectivity index (χ4v) is 2.12. The Morgan fingerprint density at radius 3 is 2.79 bits per heavy atom. The number of non-ortho nitro benzene ring substituents is 1. The quantitative estimate of drug-likeness (QED) is 0.669. The van der Waals surface area contributed by atoms with Crippen molar-refractivity contribution in [1.29, 1.82) is 0 Å². The third-order valence-corrected chi connectivity index (χ3v) is 3.06. The standard InChI is InChI=1S/C13H16N4O2/c1-9-7-10-11(8-15-9)13(17(18)19)4-3-12(10)16(2)6-5-14/h3-4,7-8H,5-6,14H2,1-2H3. The van der Waals surface area contributed by atoms with Crippen molar-refractivity contribution < 1.29 is 4.92 Å². The summed E-state index contributed by atoms with van der Waals surface area (Å²) in [4.78, 5) is 16.8. The molecule has 1 aromatic heterocycles. The molecule has 0 saturated carbocycles. The van der Waals surface area contributed by atoms with E-state index in [2.05, 4.69) is 4.98 Å². The maximum atomic E-state index is 11.1. The molecular weight excluding hydrogens is 244 g/mol. The van der Waals surface area contributed by atoms with E-state index in [4.69, 9.17) is 5.73 Å². The molecule has 0 amide bonds. The molecule has 0 saturated heterocycles. The molecule has 2 aromatic rings. The third-order valence-electron chi connectivity index (χ3n) is 3.06. The average Bonchev–Trinajstić information content (AvgIpc) is 2.37. The topological polar surface area (TPSA) is 85.3 Å². The minimum Gasteiger partial charge on any atom is -0.373 e. The van der Waals surface area contributed by atoms with Gasteiger partial charge in [-0.3, -0.25) is 15.1 Å². The Hall–Kier alpha value is -2.21. The Kier molecular flexibility index (Phi) is 3.62. The molecule has 0 atom stereocenters. The normalized spacial score (nSPS) is 10.7. The molecule has 100 valence electrons. The zero-order valence-electron chi connectivity index (χ0n) is 11.0. The van der Waals surface area contributed by atoms with E-state index < -0.39 is 0 Å². The number of fused-ring (bicyclic) bond motifs is 1. The first kappa shape index (κ1) is 13.2. The molecule has 0 aliphatic rings. The van der Waals surface area contributed by atoms with Crippen molar-refractivity contribution in [2.24, 2.45) is 5.73 Å². The predicted molar refractivity (Wildman–Crippen MR) is 75.5 cm³/mol. The average molecular weight is 260 g/mol. The second-order valence-corrected chi connectivity index (χ2v) is 4.44. The highest BCUT2D eigenvalue weighted by molar-refractivity contribution is 5.99. The lowest BCUT2D eigenvalue weighted by Gasteiger charge is -2.20. The SMILES string of the molecule is Cc1cc2c(N(C)CCN)ccc([N+](=O)[O-])c2cn1. The fraction of sp³-hybridized carbons (Fsp3) is 0.308. The number of likely N-dealkylation sites (N-methyl/N-ethyl adjacent to an activating group) is 1. The van der Waals surface area contributed by atoms with Gasteiger partial charge in [0.05, 0.1) is 10.3 Å². The van der Waals surface area contributed by atoms with Gasteiger partial charge in [-0.1, -0.05) is 0 Å². The molecule has 0 spiro atoms. The van der Waals surface area contributed by atoms with Crippen LogP contribution < -0.4 is 10.6 Å². The Labute approximate surface area is 111 Å². The first-order valence-electron chi connectivity index (χ1n) is 5.99. The number of rotatable bonds is 4. The van der Waals surface area contributed by atoms with Gasteiger partial charge in [-0.15, -0.1) is 0 Å². The number of nitrogens with two attached hydrogens (primary N) is 1. The summed E-state index contributed by atoms with van der Waals surface area (Å²) in [5, 5.41) is 12.4. The highest BCUT2D eigenvalue weighted by Gasteiger charge is 2.16. The Bertz CT molecular complexity index is 627. The van der Waals surface area contributed by atoms with Crippen LogP contribution in [0.4, 0.5) is 11.4 Å². The number of benzene rings is 1. The number of anilines is 1. The summed E-state index contributed by atoms with van der Waals surface area (Å²) in [6, 6.07) is 5.14. The van der Waals surface area contributed by atoms with Crippen LogP contribution in [0.2, 0.25) is 0 Å². The van der Waals surface area contributed by atoms with Crippen molar-refractivity contribution in [1.82, 2.24) is 4.98 Å². The van der Waals surface area contributed by atoms with Gasteiger partial charge < -0.3 is 10.6 Å². The van der Waals surface area contributed by atoms with E-state index >= 15 is 0 Å². The first-order chi connectivity index (χ1) is 9.04. The molecular formula is C13H16N4O2. The molecule has 6 heteroatoms. The second-order valence-electron chi connectivity index (χ2n) is 4.44. The molecule has 6 nitrogen and oxygen atoms in total. The summed E-state index contributed by atoms with van der Waals surface area (Å²) in [6.07, 6.45) is 1.56. The largest absolute Gasteiger partial charge is 0.373 e. The number of hydrogen-bond donors (Lipinski definition) is 1. The van der Waals surface area contributed by atoms with Gasteiger partial charge in [-0.2, -0.15) is 0 Å². The lowest BCUT2D eigenvalue weighted by molar-refractivity contribution is -0.383. The number of nitro groups is 1. The van der Waals surface area contributed by atoms with Gasteiger partial charge in [0.25, 0.3) is 5.69 Å². The predicted octanol–water partition coefficient (Wildman–Crippen LogP) is 1.85. The van der Waals surface area contributed by atoms with E-state index in [0.717, 1.165) is 16.8 Å². The molecule has 1 aromatic carbocycles. The van der Waals surface area contributed by atoms with Gasteiger partial charge >= 0.3 is 0 Å². The van der Waals surface area contributed by atoms with E-state index in [0.29, 0.717) is 18.5 Å². The van der Waals surface area contributed by atoms with Crippen molar-refractivity contribution in [3.63, 3.8) is 0 Å². The molecule has 0 radical (unpaired) electrons. The molecule has 0 fully saturated rings. The highest BCUT2D eigenvalue weighted by Crippen LogP contribution is 2.32. The van der Waals surface area contributed by atoms with Crippen LogP contribution in [0.15, 0.2) is 24.4 Å². The van der Waals surface area contributed by atoms with E-state index in [9.17, 15) is 10.1 Å². The number of pyridine rings is 1. The zero-order valence-corrected chi connectivity index (χ0v) is 11.0. The minimum atomic E-state index is -0.383. The smallest absolute Gasteiger partial charge is 0.278 e. The van der Waals surface area contributed by atoms with Gasteiger partial charge in [0, 0.05) is 49.2 Å². The van der Waals surface area contributed by atoms with Crippen LogP contribution in [-0.2, 0) is 0 Å². The zero-order chi connectivity index (χ0) is 14.0. The van der Waals surface area contributed by atoms with Crippen molar-refractivity contribution in [2.75, 3.05) is 25.0 Å². The molecule has 1 heterocycles. The van der Waals surface area contributed by atoms with Gasteiger partial charge in [-0.05, 0) is 19.1 Å². The van der Waals surface area contributed by atoms with Crippen molar-refractivity contribution in [3.05, 3.63) is 40.2 Å². The van der Waals surface area contributed by atoms with E-state index in [-0.39, 0.29) is 10.6 Å². The maximum Gasteiger partial charge on any atom is 0.278 e. The van der Waals surface area contributed by atoms with Gasteiger partial charge in [0.2, 0.25) is 0 Å². The number of nitrogens with zero attached hydrogens (tertiary/aromatic N) is 3. The van der Waals surface area contributed by atoms with Gasteiger partial charge in [0.1, 0.15) is 0 Å². The molecule has 2 rings (SSSR count). The maximum absolute atomic E-state index is 11.1. The van der Waals surface area contributed by atoms with Crippen LogP contribution in [0, 0.1) is 17.0 Å². The lowest BCUT2D eigenvalue weighted by Crippen LogP contribution is -2.25. The van der Waals surface area contributed by atoms with Crippen LogP contribution in [0.1, 0.15) is 5.69 Å². The summed E-state index contributed by atoms with van der Waals surface area (Å²) in [5.74, 6) is 0. The summed E-state index contributed by atoms with van der Waals surface area (Å²) < 4.78 is 0. The number of nitro benzene ring substituents is 1. The van der Waals surface area contributed by atoms with E-state index in [1.807, 2.05) is 24.9 Å². The van der Waals surface area contributed by atoms with E-state index in [1.54, 1.807) is 12.3 Å². The lowest BCUT2D eigenvalue weighted by atomic mass is 10.1. The monoisotopic (exact) mass is 260 g/mol. The van der Waals surface area contributed by atoms with Gasteiger partial charge in [-0.25, -0.2) is 0 Å². The summed E-state index contributed by atoms with van der Waals surface area (Å²) >= 11 is 0.